The van der Waals surface area contributed by atoms with E-state index in [0.717, 1.165) is 0 Å². The fourth-order valence-electron chi connectivity index (χ4n) is 3.18. The van der Waals surface area contributed by atoms with Crippen molar-refractivity contribution < 1.29 is 24.4 Å². The summed E-state index contributed by atoms with van der Waals surface area (Å²) in [4.78, 5) is 34.5. The van der Waals surface area contributed by atoms with Crippen LogP contribution in [0.4, 0.5) is 5.69 Å². The maximum Gasteiger partial charge on any atom is 0.332 e. The van der Waals surface area contributed by atoms with Gasteiger partial charge in [0.25, 0.3) is 5.69 Å². The molecule has 3 unspecified atom stereocenters. The van der Waals surface area contributed by atoms with E-state index >= 15 is 0 Å². The Hall–Kier alpha value is -2.61. The lowest BCUT2D eigenvalue weighted by Crippen LogP contribution is -2.60. The molecule has 2 N–H and O–H groups in total. The minimum Gasteiger partial charge on any atom is -0.481 e. The number of carboxylic acids is 1. The number of hydrogen-bond donors (Lipinski definition) is 2. The van der Waals surface area contributed by atoms with E-state index in [1.165, 1.54) is 32.2 Å². The van der Waals surface area contributed by atoms with Crippen molar-refractivity contribution in [3.8, 4) is 0 Å². The highest BCUT2D eigenvalue weighted by Crippen LogP contribution is 2.40. The summed E-state index contributed by atoms with van der Waals surface area (Å²) in [5.41, 5.74) is -0.584. The van der Waals surface area contributed by atoms with Crippen molar-refractivity contribution >= 4 is 30.0 Å². The summed E-state index contributed by atoms with van der Waals surface area (Å²) in [5, 5.41) is 23.6. The molecule has 1 aromatic carbocycles. The van der Waals surface area contributed by atoms with Crippen LogP contribution < -0.4 is 5.32 Å². The smallest absolute Gasteiger partial charge is 0.332 e. The van der Waals surface area contributed by atoms with Gasteiger partial charge in [-0.1, -0.05) is 18.2 Å². The highest BCUT2D eigenvalue weighted by molar-refractivity contribution is 5.89. The number of allylic oxidation sites excluding steroid dienone is 2. The van der Waals surface area contributed by atoms with Gasteiger partial charge in [0.2, 0.25) is 0 Å². The Balaban J connectivity index is 0.00000312. The molecule has 9 heteroatoms. The number of nitro benzene ring substituents is 1. The first-order valence-electron chi connectivity index (χ1n) is 7.23. The van der Waals surface area contributed by atoms with Gasteiger partial charge in [0.1, 0.15) is 11.5 Å². The van der Waals surface area contributed by atoms with Crippen molar-refractivity contribution in [2.24, 2.45) is 5.92 Å². The van der Waals surface area contributed by atoms with Gasteiger partial charge in [-0.25, -0.2) is 4.79 Å². The molecule has 0 radical (unpaired) electrons. The third-order valence-corrected chi connectivity index (χ3v) is 4.21. The lowest BCUT2D eigenvalue weighted by Gasteiger charge is -2.41. The molecule has 3 atom stereocenters. The Morgan fingerprint density at radius 2 is 2.04 bits per heavy atom. The van der Waals surface area contributed by atoms with E-state index < -0.39 is 34.2 Å². The third kappa shape index (κ3) is 3.74. The number of rotatable bonds is 4. The number of non-ortho nitro benzene ring substituents is 1. The quantitative estimate of drug-likeness (QED) is 0.474. The number of ether oxygens (including phenoxy) is 1. The number of nitrogens with one attached hydrogen (secondary N) is 1. The molecule has 25 heavy (non-hydrogen) atoms. The number of carbonyl (C=O) groups is 2. The number of benzene rings is 1. The number of carbonyl (C=O) groups excluding carboxylic acids is 1. The predicted molar refractivity (Wildman–Crippen MR) is 91.5 cm³/mol. The van der Waals surface area contributed by atoms with Crippen LogP contribution in [0.2, 0.25) is 0 Å². The molecule has 0 fully saturated rings. The molecule has 2 rings (SSSR count). The summed E-state index contributed by atoms with van der Waals surface area (Å²) >= 11 is 0. The first kappa shape index (κ1) is 20.4. The number of nitro groups is 1. The molecule has 8 nitrogen and oxygen atoms in total. The summed E-state index contributed by atoms with van der Waals surface area (Å²) in [6, 6.07) is 5.76. The van der Waals surface area contributed by atoms with Crippen molar-refractivity contribution in [1.82, 2.24) is 5.32 Å². The molecule has 1 aliphatic heterocycles. The standard InChI is InChI=1S/C16H18N2O6.ClH/c1-9-7-12(10-5-4-6-11(8-10)18(22)23)13(14(19)20)16(2,17-9)15(21)24-3;/h4-8,12-13,17H,1-3H3,(H,19,20);1H. The maximum absolute atomic E-state index is 12.2. The second-order valence-electron chi connectivity index (χ2n) is 5.86. The van der Waals surface area contributed by atoms with Crippen LogP contribution in [0.5, 0.6) is 0 Å². The number of halogens is 1. The molecule has 0 aromatic heterocycles. The molecule has 0 saturated heterocycles. The van der Waals surface area contributed by atoms with Gasteiger partial charge in [-0.2, -0.15) is 0 Å². The van der Waals surface area contributed by atoms with E-state index in [1.807, 2.05) is 0 Å². The predicted octanol–water partition coefficient (Wildman–Crippen LogP) is 2.24. The highest BCUT2D eigenvalue weighted by atomic mass is 35.5. The SMILES string of the molecule is COC(=O)C1(C)NC(C)=CC(c2cccc([N+](=O)[O-])c2)C1C(=O)O.Cl. The molecule has 0 bridgehead atoms. The molecular weight excluding hydrogens is 352 g/mol. The van der Waals surface area contributed by atoms with E-state index in [-0.39, 0.29) is 18.1 Å². The average molecular weight is 371 g/mol. The van der Waals surface area contributed by atoms with Crippen LogP contribution in [0.25, 0.3) is 0 Å². The number of carboxylic acid groups (broad SMARTS) is 1. The van der Waals surface area contributed by atoms with E-state index in [9.17, 15) is 24.8 Å². The van der Waals surface area contributed by atoms with E-state index in [2.05, 4.69) is 5.32 Å². The molecule has 0 saturated carbocycles. The largest absolute Gasteiger partial charge is 0.481 e. The molecule has 0 aliphatic carbocycles. The number of hydrogen-bond acceptors (Lipinski definition) is 6. The zero-order chi connectivity index (χ0) is 18.1. The molecule has 1 heterocycles. The summed E-state index contributed by atoms with van der Waals surface area (Å²) < 4.78 is 4.77. The van der Waals surface area contributed by atoms with Gasteiger partial charge < -0.3 is 15.2 Å². The Bertz CT molecular complexity index is 735. The van der Waals surface area contributed by atoms with Crippen molar-refractivity contribution in [1.29, 1.82) is 0 Å². The molecule has 1 aliphatic rings. The van der Waals surface area contributed by atoms with Gasteiger partial charge >= 0.3 is 11.9 Å². The van der Waals surface area contributed by atoms with Gasteiger partial charge in [0.15, 0.2) is 0 Å². The van der Waals surface area contributed by atoms with Gasteiger partial charge in [-0.05, 0) is 19.4 Å². The van der Waals surface area contributed by atoms with Crippen LogP contribution in [-0.2, 0) is 14.3 Å². The lowest BCUT2D eigenvalue weighted by atomic mass is 9.71. The lowest BCUT2D eigenvalue weighted by molar-refractivity contribution is -0.384. The van der Waals surface area contributed by atoms with E-state index in [4.69, 9.17) is 4.74 Å². The van der Waals surface area contributed by atoms with Crippen molar-refractivity contribution in [3.63, 3.8) is 0 Å². The normalized spacial score (nSPS) is 25.0. The zero-order valence-electron chi connectivity index (χ0n) is 13.9. The minimum absolute atomic E-state index is 0. The Morgan fingerprint density at radius 3 is 2.56 bits per heavy atom. The number of aliphatic carboxylic acids is 1. The van der Waals surface area contributed by atoms with Crippen LogP contribution in [0, 0.1) is 16.0 Å². The van der Waals surface area contributed by atoms with Gasteiger partial charge in [-0.15, -0.1) is 12.4 Å². The van der Waals surface area contributed by atoms with Gasteiger partial charge in [0, 0.05) is 23.7 Å². The first-order chi connectivity index (χ1) is 11.2. The average Bonchev–Trinajstić information content (AvgIpc) is 2.52. The molecule has 0 amide bonds. The molecule has 0 spiro atoms. The monoisotopic (exact) mass is 370 g/mol. The van der Waals surface area contributed by atoms with Gasteiger partial charge in [0.05, 0.1) is 12.0 Å². The second-order valence-corrected chi connectivity index (χ2v) is 5.86. The van der Waals surface area contributed by atoms with Crippen LogP contribution in [0.15, 0.2) is 36.0 Å². The zero-order valence-corrected chi connectivity index (χ0v) is 14.7. The molecule has 136 valence electrons. The van der Waals surface area contributed by atoms with Crippen molar-refractivity contribution in [3.05, 3.63) is 51.7 Å². The second kappa shape index (κ2) is 7.52. The van der Waals surface area contributed by atoms with Crippen molar-refractivity contribution in [2.75, 3.05) is 7.11 Å². The fraction of sp³-hybridized carbons (Fsp3) is 0.375. The minimum atomic E-state index is -1.49. The van der Waals surface area contributed by atoms with Gasteiger partial charge in [-0.3, -0.25) is 14.9 Å². The van der Waals surface area contributed by atoms with E-state index in [0.29, 0.717) is 11.3 Å². The Labute approximate surface area is 150 Å². The van der Waals surface area contributed by atoms with Crippen LogP contribution in [0.1, 0.15) is 25.3 Å². The van der Waals surface area contributed by atoms with E-state index in [1.54, 1.807) is 19.1 Å². The number of nitrogens with zero attached hydrogens (tertiary/aromatic N) is 1. The topological polar surface area (TPSA) is 119 Å². The van der Waals surface area contributed by atoms with Crippen LogP contribution >= 0.6 is 12.4 Å². The summed E-state index contributed by atoms with van der Waals surface area (Å²) in [7, 11) is 1.18. The summed E-state index contributed by atoms with van der Waals surface area (Å²) in [5.74, 6) is -3.81. The maximum atomic E-state index is 12.2. The van der Waals surface area contributed by atoms with Crippen LogP contribution in [-0.4, -0.2) is 34.6 Å². The third-order valence-electron chi connectivity index (χ3n) is 4.21. The van der Waals surface area contributed by atoms with Crippen molar-refractivity contribution in [2.45, 2.75) is 25.3 Å². The molecular formula is C16H19ClN2O6. The fourth-order valence-corrected chi connectivity index (χ4v) is 3.18. The summed E-state index contributed by atoms with van der Waals surface area (Å²) in [6.07, 6.45) is 1.66. The molecule has 1 aromatic rings. The highest BCUT2D eigenvalue weighted by Gasteiger charge is 2.52. The summed E-state index contributed by atoms with van der Waals surface area (Å²) in [6.45, 7) is 3.15. The number of esters is 1. The number of methoxy groups -OCH3 is 1. The Morgan fingerprint density at radius 1 is 1.40 bits per heavy atom. The van der Waals surface area contributed by atoms with Crippen LogP contribution in [0.3, 0.4) is 0 Å². The Kier molecular flexibility index (Phi) is 6.15. The first-order valence-corrected chi connectivity index (χ1v) is 7.23.